The molecular formula is C16H24N2O3. The van der Waals surface area contributed by atoms with Crippen LogP contribution in [-0.2, 0) is 20.9 Å². The first-order chi connectivity index (χ1) is 10.3. The SMILES string of the molecule is COC1(C(=O)NCCOCc2ccccc2)CCNCC1. The van der Waals surface area contributed by atoms with Gasteiger partial charge in [-0.1, -0.05) is 30.3 Å². The molecular weight excluding hydrogens is 268 g/mol. The fourth-order valence-corrected chi connectivity index (χ4v) is 2.52. The zero-order chi connectivity index (χ0) is 15.0. The van der Waals surface area contributed by atoms with Crippen LogP contribution in [0.2, 0.25) is 0 Å². The lowest BCUT2D eigenvalue weighted by molar-refractivity contribution is -0.146. The fourth-order valence-electron chi connectivity index (χ4n) is 2.52. The lowest BCUT2D eigenvalue weighted by atomic mass is 9.91. The molecule has 1 aliphatic rings. The summed E-state index contributed by atoms with van der Waals surface area (Å²) in [6, 6.07) is 9.99. The topological polar surface area (TPSA) is 59.6 Å². The van der Waals surface area contributed by atoms with Gasteiger partial charge in [-0.3, -0.25) is 4.79 Å². The summed E-state index contributed by atoms with van der Waals surface area (Å²) in [6.45, 7) is 3.19. The van der Waals surface area contributed by atoms with Crippen molar-refractivity contribution in [2.24, 2.45) is 0 Å². The summed E-state index contributed by atoms with van der Waals surface area (Å²) in [6.07, 6.45) is 1.42. The quantitative estimate of drug-likeness (QED) is 0.739. The molecule has 0 aliphatic carbocycles. The summed E-state index contributed by atoms with van der Waals surface area (Å²) in [5.41, 5.74) is 0.459. The molecule has 1 aromatic carbocycles. The third kappa shape index (κ3) is 4.52. The van der Waals surface area contributed by atoms with Crippen LogP contribution in [-0.4, -0.2) is 44.9 Å². The van der Waals surface area contributed by atoms with Gasteiger partial charge in [0.15, 0.2) is 0 Å². The van der Waals surface area contributed by atoms with Crippen molar-refractivity contribution in [1.29, 1.82) is 0 Å². The highest BCUT2D eigenvalue weighted by atomic mass is 16.5. The van der Waals surface area contributed by atoms with E-state index in [1.807, 2.05) is 30.3 Å². The molecule has 1 amide bonds. The second-order valence-electron chi connectivity index (χ2n) is 5.24. The van der Waals surface area contributed by atoms with Gasteiger partial charge in [0.2, 0.25) is 0 Å². The maximum absolute atomic E-state index is 12.3. The van der Waals surface area contributed by atoms with Crippen molar-refractivity contribution < 1.29 is 14.3 Å². The van der Waals surface area contributed by atoms with E-state index in [2.05, 4.69) is 10.6 Å². The second-order valence-corrected chi connectivity index (χ2v) is 5.24. The van der Waals surface area contributed by atoms with Crippen molar-refractivity contribution in [3.05, 3.63) is 35.9 Å². The number of methoxy groups -OCH3 is 1. The van der Waals surface area contributed by atoms with Crippen LogP contribution in [0.15, 0.2) is 30.3 Å². The number of amides is 1. The molecule has 0 radical (unpaired) electrons. The van der Waals surface area contributed by atoms with Crippen molar-refractivity contribution in [3.63, 3.8) is 0 Å². The Morgan fingerprint density at radius 2 is 2.00 bits per heavy atom. The minimum atomic E-state index is -0.676. The van der Waals surface area contributed by atoms with Gasteiger partial charge in [-0.25, -0.2) is 0 Å². The van der Waals surface area contributed by atoms with Crippen LogP contribution in [0, 0.1) is 0 Å². The van der Waals surface area contributed by atoms with E-state index in [1.54, 1.807) is 7.11 Å². The van der Waals surface area contributed by atoms with E-state index < -0.39 is 5.60 Å². The molecule has 21 heavy (non-hydrogen) atoms. The number of nitrogens with one attached hydrogen (secondary N) is 2. The van der Waals surface area contributed by atoms with E-state index in [-0.39, 0.29) is 5.91 Å². The second kappa shape index (κ2) is 8.12. The number of rotatable bonds is 7. The van der Waals surface area contributed by atoms with Crippen molar-refractivity contribution in [2.45, 2.75) is 25.0 Å². The molecule has 5 nitrogen and oxygen atoms in total. The van der Waals surface area contributed by atoms with Crippen LogP contribution in [0.4, 0.5) is 0 Å². The molecule has 1 aromatic rings. The van der Waals surface area contributed by atoms with Gasteiger partial charge in [0.05, 0.1) is 13.2 Å². The third-order valence-electron chi connectivity index (χ3n) is 3.86. The molecule has 0 saturated carbocycles. The Bertz CT molecular complexity index is 430. The summed E-state index contributed by atoms with van der Waals surface area (Å²) in [5, 5.41) is 6.15. The molecule has 2 N–H and O–H groups in total. The van der Waals surface area contributed by atoms with Gasteiger partial charge in [0.1, 0.15) is 5.60 Å². The molecule has 1 fully saturated rings. The highest BCUT2D eigenvalue weighted by Crippen LogP contribution is 2.22. The highest BCUT2D eigenvalue weighted by molar-refractivity contribution is 5.85. The van der Waals surface area contributed by atoms with Crippen molar-refractivity contribution in [3.8, 4) is 0 Å². The van der Waals surface area contributed by atoms with Gasteiger partial charge in [-0.15, -0.1) is 0 Å². The van der Waals surface area contributed by atoms with Crippen LogP contribution in [0.5, 0.6) is 0 Å². The summed E-state index contributed by atoms with van der Waals surface area (Å²) in [7, 11) is 1.61. The first kappa shape index (κ1) is 15.9. The Kier molecular flexibility index (Phi) is 6.17. The number of carbonyl (C=O) groups excluding carboxylic acids is 1. The normalized spacial score (nSPS) is 17.4. The minimum Gasteiger partial charge on any atom is -0.375 e. The average molecular weight is 292 g/mol. The van der Waals surface area contributed by atoms with Crippen LogP contribution in [0.3, 0.4) is 0 Å². The zero-order valence-corrected chi connectivity index (χ0v) is 12.6. The molecule has 0 atom stereocenters. The molecule has 1 heterocycles. The van der Waals surface area contributed by atoms with E-state index >= 15 is 0 Å². The smallest absolute Gasteiger partial charge is 0.252 e. The molecule has 0 unspecified atom stereocenters. The van der Waals surface area contributed by atoms with Crippen LogP contribution < -0.4 is 10.6 Å². The number of ether oxygens (including phenoxy) is 2. The van der Waals surface area contributed by atoms with Crippen molar-refractivity contribution >= 4 is 5.91 Å². The summed E-state index contributed by atoms with van der Waals surface area (Å²) in [4.78, 5) is 12.3. The van der Waals surface area contributed by atoms with Crippen LogP contribution >= 0.6 is 0 Å². The van der Waals surface area contributed by atoms with Crippen LogP contribution in [0.25, 0.3) is 0 Å². The van der Waals surface area contributed by atoms with Gasteiger partial charge < -0.3 is 20.1 Å². The molecule has 0 bridgehead atoms. The minimum absolute atomic E-state index is 0.0326. The van der Waals surface area contributed by atoms with E-state index in [0.29, 0.717) is 32.6 Å². The number of benzene rings is 1. The Hall–Kier alpha value is -1.43. The summed E-state index contributed by atoms with van der Waals surface area (Å²) < 4.78 is 11.0. The third-order valence-corrected chi connectivity index (χ3v) is 3.86. The molecule has 1 saturated heterocycles. The van der Waals surface area contributed by atoms with Gasteiger partial charge >= 0.3 is 0 Å². The lowest BCUT2D eigenvalue weighted by Crippen LogP contribution is -2.54. The van der Waals surface area contributed by atoms with Gasteiger partial charge in [-0.05, 0) is 31.5 Å². The zero-order valence-electron chi connectivity index (χ0n) is 12.6. The predicted molar refractivity (Wildman–Crippen MR) is 81.0 cm³/mol. The van der Waals surface area contributed by atoms with Gasteiger partial charge in [0, 0.05) is 13.7 Å². The largest absolute Gasteiger partial charge is 0.375 e. The van der Waals surface area contributed by atoms with E-state index in [4.69, 9.17) is 9.47 Å². The van der Waals surface area contributed by atoms with E-state index in [9.17, 15) is 4.79 Å². The van der Waals surface area contributed by atoms with Crippen LogP contribution in [0.1, 0.15) is 18.4 Å². The molecule has 0 spiro atoms. The molecule has 116 valence electrons. The van der Waals surface area contributed by atoms with Gasteiger partial charge in [0.25, 0.3) is 5.91 Å². The van der Waals surface area contributed by atoms with E-state index in [1.165, 1.54) is 0 Å². The van der Waals surface area contributed by atoms with Gasteiger partial charge in [-0.2, -0.15) is 0 Å². The van der Waals surface area contributed by atoms with Crippen molar-refractivity contribution in [1.82, 2.24) is 10.6 Å². The number of hydrogen-bond acceptors (Lipinski definition) is 4. The first-order valence-electron chi connectivity index (χ1n) is 7.43. The fraction of sp³-hybridized carbons (Fsp3) is 0.562. The lowest BCUT2D eigenvalue weighted by Gasteiger charge is -2.34. The molecule has 2 rings (SSSR count). The number of piperidine rings is 1. The van der Waals surface area contributed by atoms with E-state index in [0.717, 1.165) is 18.7 Å². The maximum atomic E-state index is 12.3. The first-order valence-corrected chi connectivity index (χ1v) is 7.43. The van der Waals surface area contributed by atoms with Crippen molar-refractivity contribution in [2.75, 3.05) is 33.4 Å². The monoisotopic (exact) mass is 292 g/mol. The maximum Gasteiger partial charge on any atom is 0.252 e. The summed E-state index contributed by atoms with van der Waals surface area (Å²) >= 11 is 0. The number of hydrogen-bond donors (Lipinski definition) is 2. The summed E-state index contributed by atoms with van der Waals surface area (Å²) in [5.74, 6) is -0.0326. The standard InChI is InChI=1S/C16H24N2O3/c1-20-16(7-9-17-10-8-16)15(19)18-11-12-21-13-14-5-3-2-4-6-14/h2-6,17H,7-13H2,1H3,(H,18,19). The molecule has 0 aromatic heterocycles. The highest BCUT2D eigenvalue weighted by Gasteiger charge is 2.39. The Morgan fingerprint density at radius 3 is 2.67 bits per heavy atom. The Morgan fingerprint density at radius 1 is 1.29 bits per heavy atom. The Labute approximate surface area is 126 Å². The number of carbonyl (C=O) groups is 1. The Balaban J connectivity index is 1.67. The molecule has 5 heteroatoms. The average Bonchev–Trinajstić information content (AvgIpc) is 2.56. The predicted octanol–water partition coefficient (Wildman–Crippen LogP) is 1.09. The molecule has 1 aliphatic heterocycles.